The van der Waals surface area contributed by atoms with Crippen molar-refractivity contribution in [2.75, 3.05) is 33.9 Å². The number of hydrogen-bond acceptors (Lipinski definition) is 4. The highest BCUT2D eigenvalue weighted by Crippen LogP contribution is 2.28. The predicted octanol–water partition coefficient (Wildman–Crippen LogP) is 2.20. The van der Waals surface area contributed by atoms with Crippen LogP contribution >= 0.6 is 0 Å². The van der Waals surface area contributed by atoms with E-state index >= 15 is 0 Å². The Labute approximate surface area is 128 Å². The molecule has 0 amide bonds. The number of morpholine rings is 1. The van der Waals surface area contributed by atoms with E-state index in [2.05, 4.69) is 55.4 Å². The van der Waals surface area contributed by atoms with E-state index in [4.69, 9.17) is 9.47 Å². The summed E-state index contributed by atoms with van der Waals surface area (Å²) < 4.78 is 11.3. The first-order valence-electron chi connectivity index (χ1n) is 7.75. The summed E-state index contributed by atoms with van der Waals surface area (Å²) in [5.41, 5.74) is 2.52. The smallest absolute Gasteiger partial charge is 0.0896 e. The van der Waals surface area contributed by atoms with Gasteiger partial charge in [0.05, 0.1) is 25.4 Å². The van der Waals surface area contributed by atoms with E-state index in [0.29, 0.717) is 18.7 Å². The highest BCUT2D eigenvalue weighted by Gasteiger charge is 2.31. The van der Waals surface area contributed by atoms with Gasteiger partial charge in [-0.15, -0.1) is 0 Å². The summed E-state index contributed by atoms with van der Waals surface area (Å²) in [5.74, 6) is 0. The average molecular weight is 292 g/mol. The maximum Gasteiger partial charge on any atom is 0.0896 e. The quantitative estimate of drug-likeness (QED) is 0.871. The van der Waals surface area contributed by atoms with Crippen molar-refractivity contribution in [3.8, 4) is 0 Å². The number of nitrogens with one attached hydrogen (secondary N) is 1. The molecule has 0 radical (unpaired) electrons. The Morgan fingerprint density at radius 2 is 2.24 bits per heavy atom. The van der Waals surface area contributed by atoms with Crippen LogP contribution in [0.1, 0.15) is 31.0 Å². The fourth-order valence-corrected chi connectivity index (χ4v) is 2.89. The Bertz CT molecular complexity index is 437. The van der Waals surface area contributed by atoms with Crippen molar-refractivity contribution in [1.82, 2.24) is 10.2 Å². The number of benzene rings is 1. The molecule has 0 aromatic heterocycles. The molecule has 4 heteroatoms. The first kappa shape index (κ1) is 16.4. The monoisotopic (exact) mass is 292 g/mol. The Morgan fingerprint density at radius 3 is 2.95 bits per heavy atom. The Balaban J connectivity index is 2.16. The van der Waals surface area contributed by atoms with Crippen molar-refractivity contribution in [3.05, 3.63) is 35.4 Å². The summed E-state index contributed by atoms with van der Waals surface area (Å²) in [4.78, 5) is 2.39. The minimum Gasteiger partial charge on any atom is -0.380 e. The topological polar surface area (TPSA) is 33.7 Å². The lowest BCUT2D eigenvalue weighted by Crippen LogP contribution is -2.48. The van der Waals surface area contributed by atoms with Crippen molar-refractivity contribution in [3.63, 3.8) is 0 Å². The van der Waals surface area contributed by atoms with Crippen LogP contribution in [0.2, 0.25) is 0 Å². The molecule has 118 valence electrons. The van der Waals surface area contributed by atoms with Crippen LogP contribution in [0.5, 0.6) is 0 Å². The second kappa shape index (κ2) is 7.90. The summed E-state index contributed by atoms with van der Waals surface area (Å²) in [5, 5.41) is 3.50. The first-order valence-corrected chi connectivity index (χ1v) is 7.75. The SMILES string of the molecule is COCc1cccc(C2C(CNC(C)C)OCCN2C)c1. The molecular weight excluding hydrogens is 264 g/mol. The molecule has 1 aromatic carbocycles. The van der Waals surface area contributed by atoms with Crippen LogP contribution < -0.4 is 5.32 Å². The third-order valence-corrected chi connectivity index (χ3v) is 3.93. The number of rotatable bonds is 6. The third-order valence-electron chi connectivity index (χ3n) is 3.93. The maximum atomic E-state index is 6.03. The molecule has 1 heterocycles. The maximum absolute atomic E-state index is 6.03. The lowest BCUT2D eigenvalue weighted by molar-refractivity contribution is -0.0620. The Kier molecular flexibility index (Phi) is 6.18. The zero-order valence-corrected chi connectivity index (χ0v) is 13.6. The summed E-state index contributed by atoms with van der Waals surface area (Å²) in [6, 6.07) is 9.42. The van der Waals surface area contributed by atoms with Crippen LogP contribution in [0, 0.1) is 0 Å². The molecule has 0 bridgehead atoms. The number of nitrogens with zero attached hydrogens (tertiary/aromatic N) is 1. The lowest BCUT2D eigenvalue weighted by atomic mass is 9.96. The van der Waals surface area contributed by atoms with Gasteiger partial charge in [0.2, 0.25) is 0 Å². The summed E-state index contributed by atoms with van der Waals surface area (Å²) >= 11 is 0. The second-order valence-corrected chi connectivity index (χ2v) is 6.08. The van der Waals surface area contributed by atoms with Crippen molar-refractivity contribution in [2.24, 2.45) is 0 Å². The van der Waals surface area contributed by atoms with Crippen molar-refractivity contribution in [2.45, 2.75) is 38.6 Å². The van der Waals surface area contributed by atoms with E-state index < -0.39 is 0 Å². The highest BCUT2D eigenvalue weighted by molar-refractivity contribution is 5.27. The molecule has 2 rings (SSSR count). The van der Waals surface area contributed by atoms with Crippen LogP contribution in [-0.2, 0) is 16.1 Å². The fourth-order valence-electron chi connectivity index (χ4n) is 2.89. The highest BCUT2D eigenvalue weighted by atomic mass is 16.5. The molecule has 1 aromatic rings. The van der Waals surface area contributed by atoms with Crippen molar-refractivity contribution >= 4 is 0 Å². The van der Waals surface area contributed by atoms with Gasteiger partial charge in [-0.3, -0.25) is 4.90 Å². The van der Waals surface area contributed by atoms with E-state index in [1.807, 2.05) is 0 Å². The van der Waals surface area contributed by atoms with Crippen LogP contribution in [0.4, 0.5) is 0 Å². The molecule has 2 unspecified atom stereocenters. The van der Waals surface area contributed by atoms with Gasteiger partial charge in [0.1, 0.15) is 0 Å². The van der Waals surface area contributed by atoms with Crippen LogP contribution in [0.25, 0.3) is 0 Å². The molecule has 0 saturated carbocycles. The third kappa shape index (κ3) is 4.51. The summed E-state index contributed by atoms with van der Waals surface area (Å²) in [7, 11) is 3.91. The van der Waals surface area contributed by atoms with Gasteiger partial charge in [-0.2, -0.15) is 0 Å². The normalized spacial score (nSPS) is 23.7. The van der Waals surface area contributed by atoms with Gasteiger partial charge in [0.15, 0.2) is 0 Å². The Hall–Kier alpha value is -0.940. The molecule has 1 aliphatic rings. The Morgan fingerprint density at radius 1 is 1.43 bits per heavy atom. The molecule has 0 aliphatic carbocycles. The number of ether oxygens (including phenoxy) is 2. The average Bonchev–Trinajstić information content (AvgIpc) is 2.45. The molecule has 2 atom stereocenters. The van der Waals surface area contributed by atoms with E-state index in [9.17, 15) is 0 Å². The number of likely N-dealkylation sites (N-methyl/N-ethyl adjacent to an activating group) is 1. The van der Waals surface area contributed by atoms with Crippen molar-refractivity contribution in [1.29, 1.82) is 0 Å². The molecule has 21 heavy (non-hydrogen) atoms. The van der Waals surface area contributed by atoms with Crippen LogP contribution in [0.15, 0.2) is 24.3 Å². The largest absolute Gasteiger partial charge is 0.380 e. The van der Waals surface area contributed by atoms with E-state index in [0.717, 1.165) is 19.7 Å². The van der Waals surface area contributed by atoms with Gasteiger partial charge in [0.25, 0.3) is 0 Å². The first-order chi connectivity index (χ1) is 10.1. The van der Waals surface area contributed by atoms with Gasteiger partial charge in [-0.05, 0) is 18.2 Å². The van der Waals surface area contributed by atoms with E-state index in [-0.39, 0.29) is 6.10 Å². The second-order valence-electron chi connectivity index (χ2n) is 6.08. The van der Waals surface area contributed by atoms with Crippen LogP contribution in [0.3, 0.4) is 0 Å². The minimum atomic E-state index is 0.184. The molecule has 1 N–H and O–H groups in total. The molecule has 1 aliphatic heterocycles. The summed E-state index contributed by atoms with van der Waals surface area (Å²) in [6.07, 6.45) is 0.184. The number of hydrogen-bond donors (Lipinski definition) is 1. The zero-order valence-electron chi connectivity index (χ0n) is 13.6. The van der Waals surface area contributed by atoms with E-state index in [1.165, 1.54) is 11.1 Å². The standard InChI is InChI=1S/C17H28N2O2/c1-13(2)18-11-16-17(19(3)8-9-21-16)15-7-5-6-14(10-15)12-20-4/h5-7,10,13,16-18H,8-9,11-12H2,1-4H3. The predicted molar refractivity (Wildman–Crippen MR) is 85.4 cm³/mol. The molecule has 4 nitrogen and oxygen atoms in total. The number of methoxy groups -OCH3 is 1. The molecule has 0 spiro atoms. The van der Waals surface area contributed by atoms with Crippen molar-refractivity contribution < 1.29 is 9.47 Å². The van der Waals surface area contributed by atoms with Gasteiger partial charge < -0.3 is 14.8 Å². The van der Waals surface area contributed by atoms with Gasteiger partial charge >= 0.3 is 0 Å². The van der Waals surface area contributed by atoms with Gasteiger partial charge in [-0.25, -0.2) is 0 Å². The zero-order chi connectivity index (χ0) is 15.2. The fraction of sp³-hybridized carbons (Fsp3) is 0.647. The summed E-state index contributed by atoms with van der Waals surface area (Å²) in [6.45, 7) is 7.63. The molecule has 1 saturated heterocycles. The van der Waals surface area contributed by atoms with E-state index in [1.54, 1.807) is 7.11 Å². The van der Waals surface area contributed by atoms with Gasteiger partial charge in [0, 0.05) is 26.2 Å². The molecule has 1 fully saturated rings. The van der Waals surface area contributed by atoms with Crippen LogP contribution in [-0.4, -0.2) is 50.9 Å². The lowest BCUT2D eigenvalue weighted by Gasteiger charge is -2.40. The van der Waals surface area contributed by atoms with Gasteiger partial charge in [-0.1, -0.05) is 38.1 Å². The minimum absolute atomic E-state index is 0.184. The molecular formula is C17H28N2O2.